The first-order chi connectivity index (χ1) is 12.7. The number of benzene rings is 2. The Bertz CT molecular complexity index is 816. The standard InChI is InChI=1S/C16H17BrFNO2.C2H2O4/c1-10-6-12(18)4-5-14(10)19-9-11-7-13(17)16(21-3)8-15(11)20-2;3-1(4)2(5)6/h4-8,19H,9H2,1-3H3;(H,3,4)(H,5,6). The fourth-order valence-electron chi connectivity index (χ4n) is 2.08. The third kappa shape index (κ3) is 6.78. The van der Waals surface area contributed by atoms with Gasteiger partial charge in [0.2, 0.25) is 0 Å². The van der Waals surface area contributed by atoms with Crippen molar-refractivity contribution in [2.24, 2.45) is 0 Å². The molecule has 0 radical (unpaired) electrons. The minimum atomic E-state index is -1.82. The fourth-order valence-corrected chi connectivity index (χ4v) is 2.63. The molecule has 2 aromatic carbocycles. The first kappa shape index (κ1) is 22.2. The molecule has 9 heteroatoms. The maximum atomic E-state index is 13.1. The quantitative estimate of drug-likeness (QED) is 0.605. The summed E-state index contributed by atoms with van der Waals surface area (Å²) in [6.45, 7) is 2.44. The van der Waals surface area contributed by atoms with Crippen LogP contribution in [0.1, 0.15) is 11.1 Å². The molecule has 7 nitrogen and oxygen atoms in total. The monoisotopic (exact) mass is 443 g/mol. The molecule has 0 saturated carbocycles. The van der Waals surface area contributed by atoms with E-state index in [1.54, 1.807) is 20.3 Å². The number of anilines is 1. The molecule has 2 aromatic rings. The molecule has 0 aromatic heterocycles. The zero-order chi connectivity index (χ0) is 20.6. The van der Waals surface area contributed by atoms with Gasteiger partial charge in [-0.05, 0) is 52.7 Å². The van der Waals surface area contributed by atoms with Crippen LogP contribution in [0.3, 0.4) is 0 Å². The zero-order valence-electron chi connectivity index (χ0n) is 14.9. The van der Waals surface area contributed by atoms with Crippen LogP contribution in [0.5, 0.6) is 11.5 Å². The molecule has 0 aliphatic rings. The lowest BCUT2D eigenvalue weighted by molar-refractivity contribution is -0.159. The summed E-state index contributed by atoms with van der Waals surface area (Å²) in [5.74, 6) is -2.43. The predicted molar refractivity (Wildman–Crippen MR) is 101 cm³/mol. The summed E-state index contributed by atoms with van der Waals surface area (Å²) < 4.78 is 24.6. The van der Waals surface area contributed by atoms with Gasteiger partial charge in [0.1, 0.15) is 17.3 Å². The summed E-state index contributed by atoms with van der Waals surface area (Å²) in [4.78, 5) is 18.2. The van der Waals surface area contributed by atoms with Gasteiger partial charge in [-0.3, -0.25) is 0 Å². The van der Waals surface area contributed by atoms with Gasteiger partial charge in [0.15, 0.2) is 0 Å². The molecular formula is C18H19BrFNO6. The molecule has 0 fully saturated rings. The van der Waals surface area contributed by atoms with E-state index in [1.165, 1.54) is 12.1 Å². The topological polar surface area (TPSA) is 105 Å². The van der Waals surface area contributed by atoms with Crippen molar-refractivity contribution in [2.45, 2.75) is 13.5 Å². The van der Waals surface area contributed by atoms with Crippen LogP contribution in [0.4, 0.5) is 10.1 Å². The highest BCUT2D eigenvalue weighted by atomic mass is 79.9. The van der Waals surface area contributed by atoms with Crippen LogP contribution in [-0.2, 0) is 16.1 Å². The van der Waals surface area contributed by atoms with Crippen molar-refractivity contribution in [3.8, 4) is 11.5 Å². The van der Waals surface area contributed by atoms with Crippen molar-refractivity contribution in [3.05, 3.63) is 51.7 Å². The molecule has 0 atom stereocenters. The molecule has 0 amide bonds. The minimum absolute atomic E-state index is 0.233. The van der Waals surface area contributed by atoms with Crippen molar-refractivity contribution < 1.29 is 33.7 Å². The van der Waals surface area contributed by atoms with E-state index in [0.717, 1.165) is 27.0 Å². The van der Waals surface area contributed by atoms with Crippen LogP contribution in [-0.4, -0.2) is 36.4 Å². The number of methoxy groups -OCH3 is 2. The summed E-state index contributed by atoms with van der Waals surface area (Å²) in [6.07, 6.45) is 0. The van der Waals surface area contributed by atoms with Crippen LogP contribution < -0.4 is 14.8 Å². The van der Waals surface area contributed by atoms with Gasteiger partial charge in [-0.15, -0.1) is 0 Å². The average molecular weight is 444 g/mol. The van der Waals surface area contributed by atoms with E-state index in [2.05, 4.69) is 21.2 Å². The lowest BCUT2D eigenvalue weighted by Gasteiger charge is -2.14. The van der Waals surface area contributed by atoms with Gasteiger partial charge in [0.05, 0.1) is 18.7 Å². The highest BCUT2D eigenvalue weighted by Gasteiger charge is 2.10. The van der Waals surface area contributed by atoms with E-state index >= 15 is 0 Å². The number of aryl methyl sites for hydroxylation is 1. The van der Waals surface area contributed by atoms with Gasteiger partial charge >= 0.3 is 11.9 Å². The largest absolute Gasteiger partial charge is 0.496 e. The van der Waals surface area contributed by atoms with Crippen LogP contribution >= 0.6 is 15.9 Å². The van der Waals surface area contributed by atoms with E-state index in [0.29, 0.717) is 12.3 Å². The number of carboxylic acid groups (broad SMARTS) is 2. The SMILES string of the molecule is COc1cc(OC)c(CNc2ccc(F)cc2C)cc1Br.O=C(O)C(=O)O. The number of ether oxygens (including phenoxy) is 2. The van der Waals surface area contributed by atoms with E-state index in [-0.39, 0.29) is 5.82 Å². The van der Waals surface area contributed by atoms with E-state index in [9.17, 15) is 4.39 Å². The average Bonchev–Trinajstić information content (AvgIpc) is 2.61. The van der Waals surface area contributed by atoms with Gasteiger partial charge in [-0.1, -0.05) is 0 Å². The number of hydrogen-bond donors (Lipinski definition) is 3. The molecule has 0 saturated heterocycles. The number of carbonyl (C=O) groups is 2. The highest BCUT2D eigenvalue weighted by Crippen LogP contribution is 2.33. The van der Waals surface area contributed by atoms with Crippen LogP contribution in [0, 0.1) is 12.7 Å². The van der Waals surface area contributed by atoms with Gasteiger partial charge in [0, 0.05) is 23.9 Å². The summed E-state index contributed by atoms with van der Waals surface area (Å²) in [5.41, 5.74) is 2.74. The fraction of sp³-hybridized carbons (Fsp3) is 0.222. The van der Waals surface area contributed by atoms with Gasteiger partial charge in [0.25, 0.3) is 0 Å². The molecule has 146 valence electrons. The van der Waals surface area contributed by atoms with Gasteiger partial charge in [-0.25, -0.2) is 14.0 Å². The van der Waals surface area contributed by atoms with Crippen molar-refractivity contribution >= 4 is 33.6 Å². The van der Waals surface area contributed by atoms with E-state index in [1.807, 2.05) is 19.1 Å². The number of carboxylic acids is 2. The number of hydrogen-bond acceptors (Lipinski definition) is 5. The molecule has 0 spiro atoms. The minimum Gasteiger partial charge on any atom is -0.496 e. The molecular weight excluding hydrogens is 425 g/mol. The number of rotatable bonds is 5. The Labute approximate surface area is 163 Å². The Balaban J connectivity index is 0.000000527. The zero-order valence-corrected chi connectivity index (χ0v) is 16.5. The van der Waals surface area contributed by atoms with E-state index in [4.69, 9.17) is 29.3 Å². The number of halogens is 2. The third-order valence-electron chi connectivity index (χ3n) is 3.40. The molecule has 0 bridgehead atoms. The van der Waals surface area contributed by atoms with Crippen molar-refractivity contribution in [1.82, 2.24) is 0 Å². The number of nitrogens with one attached hydrogen (secondary N) is 1. The second-order valence-corrected chi connectivity index (χ2v) is 6.08. The van der Waals surface area contributed by atoms with Gasteiger partial charge in [-0.2, -0.15) is 0 Å². The highest BCUT2D eigenvalue weighted by molar-refractivity contribution is 9.10. The molecule has 0 heterocycles. The molecule has 0 unspecified atom stereocenters. The smallest absolute Gasteiger partial charge is 0.414 e. The van der Waals surface area contributed by atoms with Crippen molar-refractivity contribution in [3.63, 3.8) is 0 Å². The lowest BCUT2D eigenvalue weighted by atomic mass is 10.1. The second kappa shape index (κ2) is 10.4. The molecule has 0 aliphatic carbocycles. The summed E-state index contributed by atoms with van der Waals surface area (Å²) in [6, 6.07) is 8.46. The molecule has 27 heavy (non-hydrogen) atoms. The Morgan fingerprint density at radius 1 is 1.07 bits per heavy atom. The first-order valence-electron chi connectivity index (χ1n) is 7.56. The van der Waals surface area contributed by atoms with Crippen LogP contribution in [0.2, 0.25) is 0 Å². The lowest BCUT2D eigenvalue weighted by Crippen LogP contribution is -2.09. The maximum absolute atomic E-state index is 13.1. The molecule has 2 rings (SSSR count). The Kier molecular flexibility index (Phi) is 8.53. The summed E-state index contributed by atoms with van der Waals surface area (Å²) in [5, 5.41) is 18.1. The maximum Gasteiger partial charge on any atom is 0.414 e. The normalized spacial score (nSPS) is 9.67. The summed E-state index contributed by atoms with van der Waals surface area (Å²) >= 11 is 3.46. The number of aliphatic carboxylic acids is 2. The molecule has 3 N–H and O–H groups in total. The van der Waals surface area contributed by atoms with Crippen molar-refractivity contribution in [1.29, 1.82) is 0 Å². The Morgan fingerprint density at radius 2 is 1.67 bits per heavy atom. The first-order valence-corrected chi connectivity index (χ1v) is 8.35. The van der Waals surface area contributed by atoms with Crippen LogP contribution in [0.25, 0.3) is 0 Å². The predicted octanol–water partition coefficient (Wildman–Crippen LogP) is 3.68. The summed E-state index contributed by atoms with van der Waals surface area (Å²) in [7, 11) is 3.23. The Morgan fingerprint density at radius 3 is 2.15 bits per heavy atom. The second-order valence-electron chi connectivity index (χ2n) is 5.22. The van der Waals surface area contributed by atoms with Gasteiger partial charge < -0.3 is 25.0 Å². The third-order valence-corrected chi connectivity index (χ3v) is 4.02. The van der Waals surface area contributed by atoms with Crippen molar-refractivity contribution in [2.75, 3.05) is 19.5 Å². The van der Waals surface area contributed by atoms with E-state index < -0.39 is 11.9 Å². The molecule has 0 aliphatic heterocycles. The Hall–Kier alpha value is -2.81. The van der Waals surface area contributed by atoms with Crippen LogP contribution in [0.15, 0.2) is 34.8 Å².